The van der Waals surface area contributed by atoms with Crippen molar-refractivity contribution in [1.82, 2.24) is 0 Å². The summed E-state index contributed by atoms with van der Waals surface area (Å²) in [6.07, 6.45) is -0.830. The fourth-order valence-corrected chi connectivity index (χ4v) is 1.68. The third-order valence-corrected chi connectivity index (χ3v) is 2.45. The number of amides is 1. The highest BCUT2D eigenvalue weighted by molar-refractivity contribution is 6.35. The molecule has 1 aromatic carbocycles. The molecule has 4 nitrogen and oxygen atoms in total. The molecule has 0 aromatic heterocycles. The topological polar surface area (TPSA) is 72.6 Å². The minimum atomic E-state index is -0.830. The highest BCUT2D eigenvalue weighted by Gasteiger charge is 2.16. The Morgan fingerprint density at radius 2 is 2.19 bits per heavy atom. The van der Waals surface area contributed by atoms with Crippen molar-refractivity contribution in [2.45, 2.75) is 19.6 Å². The van der Waals surface area contributed by atoms with Crippen LogP contribution in [0.2, 0.25) is 10.0 Å². The summed E-state index contributed by atoms with van der Waals surface area (Å²) in [6, 6.07) is 2.97. The Morgan fingerprint density at radius 1 is 1.56 bits per heavy atom. The van der Waals surface area contributed by atoms with Gasteiger partial charge in [0.15, 0.2) is 6.10 Å². The Bertz CT molecular complexity index is 409. The van der Waals surface area contributed by atoms with Crippen molar-refractivity contribution in [2.24, 2.45) is 5.73 Å². The molecule has 3 N–H and O–H groups in total. The number of aliphatic hydroxyl groups excluding tert-OH is 1. The summed E-state index contributed by atoms with van der Waals surface area (Å²) in [4.78, 5) is 10.8. The van der Waals surface area contributed by atoms with Crippen LogP contribution in [0, 0.1) is 0 Å². The number of aliphatic hydroxyl groups is 1. The van der Waals surface area contributed by atoms with Gasteiger partial charge >= 0.3 is 0 Å². The average Bonchev–Trinajstić information content (AvgIpc) is 2.21. The van der Waals surface area contributed by atoms with Crippen molar-refractivity contribution >= 4 is 29.1 Å². The van der Waals surface area contributed by atoms with Crippen LogP contribution < -0.4 is 10.5 Å². The molecule has 6 heteroatoms. The van der Waals surface area contributed by atoms with Gasteiger partial charge in [-0.1, -0.05) is 23.2 Å². The largest absolute Gasteiger partial charge is 0.479 e. The predicted octanol–water partition coefficient (Wildman–Crippen LogP) is 1.74. The first kappa shape index (κ1) is 13.1. The number of hydrogen-bond donors (Lipinski definition) is 2. The van der Waals surface area contributed by atoms with Gasteiger partial charge in [-0.25, -0.2) is 0 Å². The Kier molecular flexibility index (Phi) is 4.41. The highest BCUT2D eigenvalue weighted by atomic mass is 35.5. The van der Waals surface area contributed by atoms with E-state index in [0.717, 1.165) is 0 Å². The number of primary amides is 1. The zero-order valence-electron chi connectivity index (χ0n) is 8.54. The lowest BCUT2D eigenvalue weighted by atomic mass is 10.2. The van der Waals surface area contributed by atoms with Crippen LogP contribution in [0.1, 0.15) is 12.5 Å². The summed E-state index contributed by atoms with van der Waals surface area (Å²) in [5.41, 5.74) is 5.47. The van der Waals surface area contributed by atoms with Gasteiger partial charge in [0.2, 0.25) is 0 Å². The molecule has 0 saturated heterocycles. The lowest BCUT2D eigenvalue weighted by Crippen LogP contribution is -2.31. The fraction of sp³-hybridized carbons (Fsp3) is 0.300. The Labute approximate surface area is 103 Å². The second-order valence-corrected chi connectivity index (χ2v) is 4.04. The molecule has 1 unspecified atom stereocenters. The zero-order valence-corrected chi connectivity index (χ0v) is 10.0. The SMILES string of the molecule is CC(Oc1c(Cl)cc(Cl)cc1CO)C(N)=O. The van der Waals surface area contributed by atoms with E-state index in [1.165, 1.54) is 19.1 Å². The van der Waals surface area contributed by atoms with Crippen molar-refractivity contribution < 1.29 is 14.6 Å². The lowest BCUT2D eigenvalue weighted by Gasteiger charge is -2.15. The van der Waals surface area contributed by atoms with E-state index in [2.05, 4.69) is 0 Å². The fourth-order valence-electron chi connectivity index (χ4n) is 1.10. The Morgan fingerprint density at radius 3 is 2.69 bits per heavy atom. The van der Waals surface area contributed by atoms with Gasteiger partial charge in [-0.15, -0.1) is 0 Å². The van der Waals surface area contributed by atoms with Gasteiger partial charge in [-0.3, -0.25) is 4.79 Å². The second-order valence-electron chi connectivity index (χ2n) is 3.20. The van der Waals surface area contributed by atoms with Crippen LogP contribution in [0.25, 0.3) is 0 Å². The van der Waals surface area contributed by atoms with E-state index in [0.29, 0.717) is 10.6 Å². The van der Waals surface area contributed by atoms with Crippen LogP contribution in [0.3, 0.4) is 0 Å². The number of hydrogen-bond acceptors (Lipinski definition) is 3. The first-order chi connectivity index (χ1) is 7.45. The van der Waals surface area contributed by atoms with E-state index in [9.17, 15) is 4.79 Å². The van der Waals surface area contributed by atoms with Gasteiger partial charge in [0.1, 0.15) is 5.75 Å². The molecular weight excluding hydrogens is 253 g/mol. The molecule has 1 atom stereocenters. The van der Waals surface area contributed by atoms with Crippen molar-refractivity contribution in [3.8, 4) is 5.75 Å². The van der Waals surface area contributed by atoms with Crippen LogP contribution in [0.4, 0.5) is 0 Å². The minimum absolute atomic E-state index is 0.222. The molecule has 0 fully saturated rings. The van der Waals surface area contributed by atoms with Gasteiger partial charge in [-0.05, 0) is 19.1 Å². The third-order valence-electron chi connectivity index (χ3n) is 1.95. The highest BCUT2D eigenvalue weighted by Crippen LogP contribution is 2.33. The summed E-state index contributed by atoms with van der Waals surface area (Å²) in [7, 11) is 0. The van der Waals surface area contributed by atoms with E-state index < -0.39 is 12.0 Å². The van der Waals surface area contributed by atoms with Crippen molar-refractivity contribution in [3.05, 3.63) is 27.7 Å². The smallest absolute Gasteiger partial charge is 0.258 e. The first-order valence-corrected chi connectivity index (χ1v) is 5.26. The van der Waals surface area contributed by atoms with Crippen molar-refractivity contribution in [3.63, 3.8) is 0 Å². The molecule has 0 spiro atoms. The molecule has 1 aromatic rings. The third kappa shape index (κ3) is 3.01. The van der Waals surface area contributed by atoms with Gasteiger partial charge in [0.25, 0.3) is 5.91 Å². The maximum Gasteiger partial charge on any atom is 0.258 e. The molecule has 0 aliphatic heterocycles. The summed E-state index contributed by atoms with van der Waals surface area (Å²) < 4.78 is 5.26. The number of halogens is 2. The molecule has 0 radical (unpaired) electrons. The standard InChI is InChI=1S/C10H11Cl2NO3/c1-5(10(13)15)16-9-6(4-14)2-7(11)3-8(9)12/h2-3,5,14H,4H2,1H3,(H2,13,15). The van der Waals surface area contributed by atoms with Crippen LogP contribution >= 0.6 is 23.2 Å². The molecule has 0 aliphatic carbocycles. The summed E-state index contributed by atoms with van der Waals surface area (Å²) in [6.45, 7) is 1.20. The average molecular weight is 264 g/mol. The molecule has 88 valence electrons. The summed E-state index contributed by atoms with van der Waals surface area (Å²) in [5.74, 6) is -0.394. The molecule has 0 bridgehead atoms. The minimum Gasteiger partial charge on any atom is -0.479 e. The van der Waals surface area contributed by atoms with Crippen LogP contribution in [0.5, 0.6) is 5.75 Å². The van der Waals surface area contributed by atoms with Crippen LogP contribution in [-0.4, -0.2) is 17.1 Å². The van der Waals surface area contributed by atoms with E-state index >= 15 is 0 Å². The monoisotopic (exact) mass is 263 g/mol. The van der Waals surface area contributed by atoms with Gasteiger partial charge in [0, 0.05) is 10.6 Å². The number of carbonyl (C=O) groups is 1. The second kappa shape index (κ2) is 5.39. The molecule has 0 aliphatic rings. The number of benzene rings is 1. The maximum absolute atomic E-state index is 10.8. The van der Waals surface area contributed by atoms with Gasteiger partial charge < -0.3 is 15.6 Å². The molecule has 1 amide bonds. The van der Waals surface area contributed by atoms with E-state index in [-0.39, 0.29) is 17.4 Å². The molecule has 1 rings (SSSR count). The number of rotatable bonds is 4. The number of ether oxygens (including phenoxy) is 1. The van der Waals surface area contributed by atoms with Crippen molar-refractivity contribution in [2.75, 3.05) is 0 Å². The number of carbonyl (C=O) groups excluding carboxylic acids is 1. The number of nitrogens with two attached hydrogens (primary N) is 1. The van der Waals surface area contributed by atoms with E-state index in [4.69, 9.17) is 38.8 Å². The lowest BCUT2D eigenvalue weighted by molar-refractivity contribution is -0.124. The zero-order chi connectivity index (χ0) is 12.3. The van der Waals surface area contributed by atoms with Gasteiger partial charge in [0.05, 0.1) is 11.6 Å². The molecular formula is C10H11Cl2NO3. The first-order valence-electron chi connectivity index (χ1n) is 4.50. The predicted molar refractivity (Wildman–Crippen MR) is 61.7 cm³/mol. The molecule has 0 heterocycles. The van der Waals surface area contributed by atoms with Crippen LogP contribution in [0.15, 0.2) is 12.1 Å². The van der Waals surface area contributed by atoms with Crippen molar-refractivity contribution in [1.29, 1.82) is 0 Å². The normalized spacial score (nSPS) is 12.2. The molecule has 16 heavy (non-hydrogen) atoms. The van der Waals surface area contributed by atoms with Gasteiger partial charge in [-0.2, -0.15) is 0 Å². The Hall–Kier alpha value is -0.970. The van der Waals surface area contributed by atoms with E-state index in [1.807, 2.05) is 0 Å². The van der Waals surface area contributed by atoms with Crippen LogP contribution in [-0.2, 0) is 11.4 Å². The quantitative estimate of drug-likeness (QED) is 0.869. The summed E-state index contributed by atoms with van der Waals surface area (Å²) in [5, 5.41) is 9.71. The maximum atomic E-state index is 10.8. The van der Waals surface area contributed by atoms with E-state index in [1.54, 1.807) is 0 Å². The Balaban J connectivity index is 3.07. The molecule has 0 saturated carbocycles. The summed E-state index contributed by atoms with van der Waals surface area (Å²) >= 11 is 11.6.